The summed E-state index contributed by atoms with van der Waals surface area (Å²) in [6.45, 7) is 0.316. The van der Waals surface area contributed by atoms with Crippen molar-refractivity contribution in [3.05, 3.63) is 51.2 Å². The van der Waals surface area contributed by atoms with Crippen LogP contribution in [0.25, 0.3) is 0 Å². The molecule has 0 fully saturated rings. The van der Waals surface area contributed by atoms with Gasteiger partial charge < -0.3 is 5.73 Å². The molecule has 0 aliphatic heterocycles. The van der Waals surface area contributed by atoms with Crippen LogP contribution in [-0.2, 0) is 13.6 Å². The van der Waals surface area contributed by atoms with Gasteiger partial charge in [0.2, 0.25) is 0 Å². The van der Waals surface area contributed by atoms with E-state index < -0.39 is 0 Å². The van der Waals surface area contributed by atoms with E-state index in [1.807, 2.05) is 0 Å². The first-order chi connectivity index (χ1) is 8.49. The molecule has 0 radical (unpaired) electrons. The summed E-state index contributed by atoms with van der Waals surface area (Å²) >= 11 is 11.0. The van der Waals surface area contributed by atoms with Gasteiger partial charge in [-0.3, -0.25) is 4.57 Å². The van der Waals surface area contributed by atoms with E-state index in [4.69, 9.17) is 29.6 Å². The van der Waals surface area contributed by atoms with Crippen LogP contribution >= 0.6 is 23.8 Å². The Hall–Kier alpha value is -1.66. The SMILES string of the molecule is Cn1cnn(Cc2ccc(C(N)=S)cc2Cl)c1=O. The molecular weight excluding hydrogens is 272 g/mol. The predicted octanol–water partition coefficient (Wildman–Crippen LogP) is 0.918. The number of thiocarbonyl (C=S) groups is 1. The van der Waals surface area contributed by atoms with Crippen LogP contribution in [0.3, 0.4) is 0 Å². The molecule has 1 aromatic heterocycles. The van der Waals surface area contributed by atoms with Crippen LogP contribution in [0.2, 0.25) is 5.02 Å². The molecular formula is C11H11ClN4OS. The first-order valence-electron chi connectivity index (χ1n) is 5.15. The smallest absolute Gasteiger partial charge is 0.345 e. The van der Waals surface area contributed by atoms with Crippen molar-refractivity contribution in [3.8, 4) is 0 Å². The fourth-order valence-corrected chi connectivity index (χ4v) is 1.89. The molecule has 18 heavy (non-hydrogen) atoms. The number of nitrogens with two attached hydrogens (primary N) is 1. The van der Waals surface area contributed by atoms with Gasteiger partial charge in [0.1, 0.15) is 11.3 Å². The standard InChI is InChI=1S/C11H11ClN4OS/c1-15-6-14-16(11(15)17)5-8-3-2-7(10(13)18)4-9(8)12/h2-4,6H,5H2,1H3,(H2,13,18). The van der Waals surface area contributed by atoms with Gasteiger partial charge in [-0.15, -0.1) is 0 Å². The molecule has 0 bridgehead atoms. The third kappa shape index (κ3) is 2.44. The van der Waals surface area contributed by atoms with Gasteiger partial charge >= 0.3 is 5.69 Å². The van der Waals surface area contributed by atoms with Gasteiger partial charge in [-0.1, -0.05) is 36.0 Å². The summed E-state index contributed by atoms with van der Waals surface area (Å²) < 4.78 is 2.74. The zero-order valence-corrected chi connectivity index (χ0v) is 11.2. The molecule has 0 unspecified atom stereocenters. The Kier molecular flexibility index (Phi) is 3.49. The van der Waals surface area contributed by atoms with Crippen LogP contribution in [0, 0.1) is 0 Å². The minimum atomic E-state index is -0.190. The Morgan fingerprint density at radius 3 is 2.78 bits per heavy atom. The summed E-state index contributed by atoms with van der Waals surface area (Å²) in [6, 6.07) is 5.25. The van der Waals surface area contributed by atoms with E-state index in [1.165, 1.54) is 15.6 Å². The molecule has 1 heterocycles. The monoisotopic (exact) mass is 282 g/mol. The van der Waals surface area contributed by atoms with E-state index in [2.05, 4.69) is 5.10 Å². The second kappa shape index (κ2) is 4.91. The molecule has 7 heteroatoms. The Bertz CT molecular complexity index is 661. The zero-order chi connectivity index (χ0) is 13.3. The normalized spacial score (nSPS) is 10.6. The maximum Gasteiger partial charge on any atom is 0.345 e. The average molecular weight is 283 g/mol. The number of halogens is 1. The lowest BCUT2D eigenvalue weighted by Crippen LogP contribution is -2.23. The first-order valence-corrected chi connectivity index (χ1v) is 5.94. The number of hydrogen-bond acceptors (Lipinski definition) is 3. The van der Waals surface area contributed by atoms with Gasteiger partial charge in [-0.25, -0.2) is 9.48 Å². The van der Waals surface area contributed by atoms with Crippen LogP contribution in [0.15, 0.2) is 29.3 Å². The third-order valence-corrected chi connectivity index (χ3v) is 3.13. The molecule has 2 N–H and O–H groups in total. The number of aryl methyl sites for hydroxylation is 1. The predicted molar refractivity (Wildman–Crippen MR) is 73.9 cm³/mol. The zero-order valence-electron chi connectivity index (χ0n) is 9.63. The third-order valence-electron chi connectivity index (χ3n) is 2.54. The summed E-state index contributed by atoms with van der Waals surface area (Å²) in [5, 5.41) is 4.48. The van der Waals surface area contributed by atoms with Crippen molar-refractivity contribution < 1.29 is 0 Å². The highest BCUT2D eigenvalue weighted by molar-refractivity contribution is 7.80. The molecule has 0 atom stereocenters. The van der Waals surface area contributed by atoms with Gasteiger partial charge in [0, 0.05) is 17.6 Å². The van der Waals surface area contributed by atoms with Crippen molar-refractivity contribution in [1.29, 1.82) is 0 Å². The molecule has 5 nitrogen and oxygen atoms in total. The van der Waals surface area contributed by atoms with Crippen molar-refractivity contribution in [3.63, 3.8) is 0 Å². The highest BCUT2D eigenvalue weighted by Crippen LogP contribution is 2.18. The molecule has 2 rings (SSSR count). The number of rotatable bonds is 3. The minimum Gasteiger partial charge on any atom is -0.389 e. The van der Waals surface area contributed by atoms with Gasteiger partial charge in [0.25, 0.3) is 0 Å². The van der Waals surface area contributed by atoms with Crippen molar-refractivity contribution >= 4 is 28.8 Å². The van der Waals surface area contributed by atoms with Crippen molar-refractivity contribution in [2.24, 2.45) is 12.8 Å². The van der Waals surface area contributed by atoms with E-state index in [-0.39, 0.29) is 5.69 Å². The molecule has 0 saturated heterocycles. The van der Waals surface area contributed by atoms with Gasteiger partial charge in [0.15, 0.2) is 0 Å². The average Bonchev–Trinajstić information content (AvgIpc) is 2.63. The van der Waals surface area contributed by atoms with E-state index in [1.54, 1.807) is 25.2 Å². The number of hydrogen-bond donors (Lipinski definition) is 1. The highest BCUT2D eigenvalue weighted by atomic mass is 35.5. The Labute approximate surface area is 114 Å². The van der Waals surface area contributed by atoms with Gasteiger partial charge in [-0.05, 0) is 11.6 Å². The van der Waals surface area contributed by atoms with Crippen molar-refractivity contribution in [2.75, 3.05) is 0 Å². The lowest BCUT2D eigenvalue weighted by Gasteiger charge is -2.05. The molecule has 0 aliphatic carbocycles. The summed E-state index contributed by atoms with van der Waals surface area (Å²) in [5.41, 5.74) is 6.81. The topological polar surface area (TPSA) is 65.8 Å². The Morgan fingerprint density at radius 1 is 1.56 bits per heavy atom. The maximum absolute atomic E-state index is 11.6. The molecule has 0 spiro atoms. The largest absolute Gasteiger partial charge is 0.389 e. The second-order valence-corrected chi connectivity index (χ2v) is 4.70. The fraction of sp³-hybridized carbons (Fsp3) is 0.182. The van der Waals surface area contributed by atoms with Crippen LogP contribution in [0.4, 0.5) is 0 Å². The van der Waals surface area contributed by atoms with Gasteiger partial charge in [-0.2, -0.15) is 5.10 Å². The first kappa shape index (κ1) is 12.8. The van der Waals surface area contributed by atoms with E-state index in [0.29, 0.717) is 22.1 Å². The van der Waals surface area contributed by atoms with Gasteiger partial charge in [0.05, 0.1) is 6.54 Å². The van der Waals surface area contributed by atoms with Crippen molar-refractivity contribution in [2.45, 2.75) is 6.54 Å². The number of benzene rings is 1. The lowest BCUT2D eigenvalue weighted by atomic mass is 10.1. The summed E-state index contributed by atoms with van der Waals surface area (Å²) in [6.07, 6.45) is 1.46. The summed E-state index contributed by atoms with van der Waals surface area (Å²) in [7, 11) is 1.64. The van der Waals surface area contributed by atoms with E-state index >= 15 is 0 Å². The van der Waals surface area contributed by atoms with E-state index in [0.717, 1.165) is 5.56 Å². The fourth-order valence-electron chi connectivity index (χ4n) is 1.52. The second-order valence-electron chi connectivity index (χ2n) is 3.85. The quantitative estimate of drug-likeness (QED) is 0.850. The number of aromatic nitrogens is 3. The Morgan fingerprint density at radius 2 is 2.28 bits per heavy atom. The molecule has 2 aromatic rings. The minimum absolute atomic E-state index is 0.190. The molecule has 0 saturated carbocycles. The van der Waals surface area contributed by atoms with Crippen LogP contribution < -0.4 is 11.4 Å². The van der Waals surface area contributed by atoms with Crippen LogP contribution in [0.1, 0.15) is 11.1 Å². The van der Waals surface area contributed by atoms with Crippen molar-refractivity contribution in [1.82, 2.24) is 14.3 Å². The molecule has 1 aromatic carbocycles. The van der Waals surface area contributed by atoms with Crippen LogP contribution in [-0.4, -0.2) is 19.3 Å². The lowest BCUT2D eigenvalue weighted by molar-refractivity contribution is 0.647. The molecule has 0 aliphatic rings. The Balaban J connectivity index is 2.33. The maximum atomic E-state index is 11.6. The summed E-state index contributed by atoms with van der Waals surface area (Å²) in [5.74, 6) is 0. The van der Waals surface area contributed by atoms with Crippen LogP contribution in [0.5, 0.6) is 0 Å². The number of nitrogens with zero attached hydrogens (tertiary/aromatic N) is 3. The summed E-state index contributed by atoms with van der Waals surface area (Å²) in [4.78, 5) is 11.9. The van der Waals surface area contributed by atoms with E-state index in [9.17, 15) is 4.79 Å². The highest BCUT2D eigenvalue weighted by Gasteiger charge is 2.07. The molecule has 94 valence electrons. The molecule has 0 amide bonds.